The Balaban J connectivity index is 1.58. The monoisotopic (exact) mass is 630 g/mol. The third kappa shape index (κ3) is 4.83. The topological polar surface area (TPSA) is 69.8 Å². The predicted octanol–water partition coefficient (Wildman–Crippen LogP) is 8.85. The molecule has 3 heterocycles. The molecule has 6 nitrogen and oxygen atoms in total. The van der Waals surface area contributed by atoms with Gasteiger partial charge in [-0.15, -0.1) is 0 Å². The molecule has 0 amide bonds. The number of hydrogen-bond donors (Lipinski definition) is 0. The van der Waals surface area contributed by atoms with Crippen molar-refractivity contribution in [1.82, 2.24) is 18.5 Å². The molecule has 3 aromatic heterocycles. The molecule has 0 bridgehead atoms. The summed E-state index contributed by atoms with van der Waals surface area (Å²) in [6, 6.07) is 45.0. The lowest BCUT2D eigenvalue weighted by atomic mass is 9.95. The molecule has 0 unspecified atom stereocenters. The molecule has 0 saturated carbocycles. The van der Waals surface area contributed by atoms with Crippen LogP contribution in [0.4, 0.5) is 0 Å². The summed E-state index contributed by atoms with van der Waals surface area (Å²) in [7, 11) is -4.05. The minimum absolute atomic E-state index is 0.226. The molecular weight excluding hydrogens is 601 g/mol. The van der Waals surface area contributed by atoms with Gasteiger partial charge >= 0.3 is 0 Å². The molecule has 0 aliphatic heterocycles. The summed E-state index contributed by atoms with van der Waals surface area (Å²) in [6.07, 6.45) is 4.09. The van der Waals surface area contributed by atoms with Crippen molar-refractivity contribution < 1.29 is 8.42 Å². The lowest BCUT2D eigenvalue weighted by Crippen LogP contribution is -2.14. The van der Waals surface area contributed by atoms with Gasteiger partial charge in [0.15, 0.2) is 0 Å². The Morgan fingerprint density at radius 3 is 1.89 bits per heavy atom. The van der Waals surface area contributed by atoms with Gasteiger partial charge in [-0.3, -0.25) is 4.57 Å². The molecule has 5 aromatic carbocycles. The van der Waals surface area contributed by atoms with Gasteiger partial charge in [0.2, 0.25) is 5.95 Å². The molecule has 0 fully saturated rings. The first-order chi connectivity index (χ1) is 23.0. The fourth-order valence-corrected chi connectivity index (χ4v) is 8.08. The summed E-state index contributed by atoms with van der Waals surface area (Å²) in [4.78, 5) is 9.68. The number of nitrogens with zero attached hydrogens (tertiary/aromatic N) is 4. The third-order valence-corrected chi connectivity index (χ3v) is 10.4. The highest BCUT2D eigenvalue weighted by Crippen LogP contribution is 2.47. The van der Waals surface area contributed by atoms with Crippen LogP contribution < -0.4 is 0 Å². The largest absolute Gasteiger partial charge is 0.278 e. The number of benzene rings is 5. The van der Waals surface area contributed by atoms with Crippen LogP contribution in [-0.4, -0.2) is 26.9 Å². The molecule has 0 saturated heterocycles. The van der Waals surface area contributed by atoms with Gasteiger partial charge in [-0.1, -0.05) is 115 Å². The summed E-state index contributed by atoms with van der Waals surface area (Å²) < 4.78 is 33.3. The quantitative estimate of drug-likeness (QED) is 0.176. The van der Waals surface area contributed by atoms with E-state index >= 15 is 0 Å². The van der Waals surface area contributed by atoms with Crippen molar-refractivity contribution in [2.75, 3.05) is 0 Å². The highest BCUT2D eigenvalue weighted by molar-refractivity contribution is 7.90. The van der Waals surface area contributed by atoms with Crippen LogP contribution in [0.1, 0.15) is 16.7 Å². The molecule has 8 rings (SSSR count). The van der Waals surface area contributed by atoms with E-state index in [1.165, 1.54) is 3.97 Å². The van der Waals surface area contributed by atoms with E-state index < -0.39 is 10.0 Å². The normalized spacial score (nSPS) is 11.8. The number of para-hydroxylation sites is 2. The Bertz CT molecular complexity index is 2490. The maximum Gasteiger partial charge on any atom is 0.268 e. The van der Waals surface area contributed by atoms with Crippen molar-refractivity contribution in [3.8, 4) is 28.5 Å². The van der Waals surface area contributed by atoms with E-state index in [4.69, 9.17) is 9.97 Å². The minimum Gasteiger partial charge on any atom is -0.278 e. The molecule has 228 valence electrons. The molecule has 47 heavy (non-hydrogen) atoms. The van der Waals surface area contributed by atoms with Crippen LogP contribution >= 0.6 is 0 Å². The van der Waals surface area contributed by atoms with Gasteiger partial charge in [-0.2, -0.15) is 0 Å². The predicted molar refractivity (Wildman–Crippen MR) is 188 cm³/mol. The smallest absolute Gasteiger partial charge is 0.268 e. The SMILES string of the molecule is Cc1ccc(S(=O)(=O)n2c(-c3ccccc3)c(-c3c(Cc4ccccc4)c4ccccc4n3-c3ncccn3)c3ccccc32)cc1. The van der Waals surface area contributed by atoms with Crippen molar-refractivity contribution >= 4 is 31.8 Å². The lowest BCUT2D eigenvalue weighted by molar-refractivity contribution is 0.589. The number of aromatic nitrogens is 4. The number of fused-ring (bicyclic) bond motifs is 2. The Hall–Kier alpha value is -5.79. The van der Waals surface area contributed by atoms with E-state index in [1.54, 1.807) is 30.6 Å². The molecule has 0 spiro atoms. The van der Waals surface area contributed by atoms with Crippen molar-refractivity contribution in [3.63, 3.8) is 0 Å². The van der Waals surface area contributed by atoms with E-state index in [9.17, 15) is 8.42 Å². The van der Waals surface area contributed by atoms with Gasteiger partial charge in [-0.25, -0.2) is 22.4 Å². The van der Waals surface area contributed by atoms with E-state index in [0.717, 1.165) is 49.8 Å². The highest BCUT2D eigenvalue weighted by Gasteiger charge is 2.32. The summed E-state index contributed by atoms with van der Waals surface area (Å²) in [5, 5.41) is 1.87. The highest BCUT2D eigenvalue weighted by atomic mass is 32.2. The summed E-state index contributed by atoms with van der Waals surface area (Å²) in [5.74, 6) is 0.509. The average Bonchev–Trinajstić information content (AvgIpc) is 3.63. The van der Waals surface area contributed by atoms with E-state index in [2.05, 4.69) is 28.8 Å². The fraction of sp³-hybridized carbons (Fsp3) is 0.0500. The summed E-state index contributed by atoms with van der Waals surface area (Å²) in [5.41, 5.74) is 7.76. The van der Waals surface area contributed by atoms with Gasteiger partial charge in [0.05, 0.1) is 27.3 Å². The van der Waals surface area contributed by atoms with Crippen LogP contribution in [0.3, 0.4) is 0 Å². The van der Waals surface area contributed by atoms with Gasteiger partial charge in [0.25, 0.3) is 10.0 Å². The van der Waals surface area contributed by atoms with Crippen molar-refractivity contribution in [1.29, 1.82) is 0 Å². The van der Waals surface area contributed by atoms with Gasteiger partial charge < -0.3 is 0 Å². The number of rotatable bonds is 7. The third-order valence-electron chi connectivity index (χ3n) is 8.63. The summed E-state index contributed by atoms with van der Waals surface area (Å²) >= 11 is 0. The van der Waals surface area contributed by atoms with Crippen molar-refractivity contribution in [2.45, 2.75) is 18.2 Å². The van der Waals surface area contributed by atoms with Gasteiger partial charge in [0, 0.05) is 35.2 Å². The second-order valence-corrected chi connectivity index (χ2v) is 13.4. The van der Waals surface area contributed by atoms with Crippen molar-refractivity contribution in [3.05, 3.63) is 169 Å². The zero-order valence-corrected chi connectivity index (χ0v) is 26.5. The van der Waals surface area contributed by atoms with Crippen LogP contribution in [-0.2, 0) is 16.4 Å². The molecule has 0 aliphatic carbocycles. The fourth-order valence-electron chi connectivity index (χ4n) is 6.54. The van der Waals surface area contributed by atoms with Crippen LogP contribution in [0.2, 0.25) is 0 Å². The molecule has 0 atom stereocenters. The zero-order valence-electron chi connectivity index (χ0n) is 25.7. The van der Waals surface area contributed by atoms with E-state index in [-0.39, 0.29) is 4.90 Å². The first-order valence-corrected chi connectivity index (χ1v) is 16.9. The Morgan fingerprint density at radius 1 is 0.596 bits per heavy atom. The second kappa shape index (κ2) is 11.5. The molecule has 0 N–H and O–H groups in total. The Morgan fingerprint density at radius 2 is 1.19 bits per heavy atom. The molecule has 0 aliphatic rings. The zero-order chi connectivity index (χ0) is 32.0. The van der Waals surface area contributed by atoms with Gasteiger partial charge in [0.1, 0.15) is 0 Å². The first-order valence-electron chi connectivity index (χ1n) is 15.5. The number of aryl methyl sites for hydroxylation is 1. The second-order valence-electron chi connectivity index (χ2n) is 11.6. The standard InChI is InChI=1S/C40H30N4O2S/c1-28-21-23-31(24-22-28)47(45,46)44-36-20-11-9-18-33(36)37(38(44)30-15-6-3-7-16-30)39-34(27-29-13-4-2-5-14-29)32-17-8-10-19-35(32)43(39)40-41-25-12-26-42-40/h2-26H,27H2,1H3. The Kier molecular flexibility index (Phi) is 7.04. The average molecular weight is 631 g/mol. The maximum atomic E-state index is 14.8. The molecule has 8 aromatic rings. The van der Waals surface area contributed by atoms with Crippen LogP contribution in [0.25, 0.3) is 50.3 Å². The number of hydrogen-bond acceptors (Lipinski definition) is 4. The molecule has 7 heteroatoms. The minimum atomic E-state index is -4.05. The maximum absolute atomic E-state index is 14.8. The Labute approximate surface area is 273 Å². The van der Waals surface area contributed by atoms with Gasteiger partial charge in [-0.05, 0) is 53.9 Å². The van der Waals surface area contributed by atoms with Crippen LogP contribution in [0, 0.1) is 6.92 Å². The molecular formula is C40H30N4O2S. The van der Waals surface area contributed by atoms with E-state index in [1.807, 2.05) is 104 Å². The van der Waals surface area contributed by atoms with E-state index in [0.29, 0.717) is 23.6 Å². The first kappa shape index (κ1) is 28.7. The molecule has 0 radical (unpaired) electrons. The lowest BCUT2D eigenvalue weighted by Gasteiger charge is -2.16. The van der Waals surface area contributed by atoms with Crippen LogP contribution in [0.5, 0.6) is 0 Å². The summed E-state index contributed by atoms with van der Waals surface area (Å²) in [6.45, 7) is 1.95. The van der Waals surface area contributed by atoms with Crippen molar-refractivity contribution in [2.24, 2.45) is 0 Å². The van der Waals surface area contributed by atoms with Crippen LogP contribution in [0.15, 0.2) is 157 Å².